The molecule has 1 aliphatic carbocycles. The first-order valence-electron chi connectivity index (χ1n) is 6.98. The first-order valence-corrected chi connectivity index (χ1v) is 6.98. The Morgan fingerprint density at radius 2 is 2.36 bits per heavy atom. The molecule has 2 fully saturated rings. The molecule has 0 spiro atoms. The maximum Gasteiger partial charge on any atom is 0.329 e. The standard InChI is InChI=1S/C14H17N3O5/c1-21-12-11(19)10(6-18)22-14(12,7-15)17-5-4-9(8-2-3-8)16-13(17)20/h4-5,10-12,18-19H,2-3,6H2,1H3,(H,16,20)/t10-,11-,12-,14-/m1/s1. The summed E-state index contributed by atoms with van der Waals surface area (Å²) in [6.45, 7) is -0.487. The lowest BCUT2D eigenvalue weighted by molar-refractivity contribution is -0.124. The van der Waals surface area contributed by atoms with Crippen molar-refractivity contribution < 1.29 is 24.5 Å². The lowest BCUT2D eigenvalue weighted by Crippen LogP contribution is -2.59. The number of nitriles is 1. The number of nitrogens with zero attached hydrogens (tertiary/aromatic N) is 2. The van der Waals surface area contributed by atoms with Crippen molar-refractivity contribution >= 4 is 6.03 Å². The number of hydrogen-bond donors (Lipinski definition) is 3. The topological polar surface area (TPSA) is 115 Å². The van der Waals surface area contributed by atoms with Crippen molar-refractivity contribution in [3.63, 3.8) is 0 Å². The van der Waals surface area contributed by atoms with Crippen LogP contribution in [0.3, 0.4) is 0 Å². The largest absolute Gasteiger partial charge is 0.394 e. The number of urea groups is 1. The van der Waals surface area contributed by atoms with Crippen LogP contribution in [0.25, 0.3) is 0 Å². The van der Waals surface area contributed by atoms with Gasteiger partial charge in [-0.05, 0) is 24.5 Å². The fourth-order valence-corrected chi connectivity index (χ4v) is 2.81. The highest BCUT2D eigenvalue weighted by molar-refractivity contribution is 5.81. The van der Waals surface area contributed by atoms with E-state index in [4.69, 9.17) is 9.47 Å². The average molecular weight is 307 g/mol. The maximum atomic E-state index is 12.3. The van der Waals surface area contributed by atoms with Gasteiger partial charge in [0.2, 0.25) is 0 Å². The van der Waals surface area contributed by atoms with Crippen LogP contribution in [0, 0.1) is 11.3 Å². The van der Waals surface area contributed by atoms with Gasteiger partial charge in [-0.15, -0.1) is 0 Å². The second-order valence-electron chi connectivity index (χ2n) is 5.43. The van der Waals surface area contributed by atoms with Gasteiger partial charge in [-0.2, -0.15) is 5.26 Å². The molecule has 8 nitrogen and oxygen atoms in total. The van der Waals surface area contributed by atoms with Crippen LogP contribution in [0.15, 0.2) is 23.5 Å². The number of rotatable bonds is 3. The van der Waals surface area contributed by atoms with Crippen molar-refractivity contribution in [3.05, 3.63) is 23.5 Å². The van der Waals surface area contributed by atoms with Gasteiger partial charge in [-0.25, -0.2) is 4.79 Å². The van der Waals surface area contributed by atoms with Crippen molar-refractivity contribution in [3.8, 4) is 6.07 Å². The van der Waals surface area contributed by atoms with Gasteiger partial charge in [0.05, 0.1) is 6.61 Å². The van der Waals surface area contributed by atoms with E-state index in [1.807, 2.05) is 6.07 Å². The van der Waals surface area contributed by atoms with E-state index in [0.29, 0.717) is 0 Å². The van der Waals surface area contributed by atoms with E-state index < -0.39 is 36.7 Å². The van der Waals surface area contributed by atoms with Crippen LogP contribution in [0.4, 0.5) is 4.79 Å². The normalized spacial score (nSPS) is 37.3. The summed E-state index contributed by atoms with van der Waals surface area (Å²) in [5, 5.41) is 31.7. The first-order chi connectivity index (χ1) is 10.6. The Kier molecular flexibility index (Phi) is 3.66. The van der Waals surface area contributed by atoms with Crippen LogP contribution in [-0.2, 0) is 9.47 Å². The summed E-state index contributed by atoms with van der Waals surface area (Å²) < 4.78 is 10.7. The van der Waals surface area contributed by atoms with Gasteiger partial charge in [-0.1, -0.05) is 0 Å². The summed E-state index contributed by atoms with van der Waals surface area (Å²) in [5.74, 6) is 0. The molecule has 0 bridgehead atoms. The first kappa shape index (κ1) is 15.0. The number of amides is 2. The molecule has 2 aliphatic heterocycles. The predicted molar refractivity (Wildman–Crippen MR) is 72.9 cm³/mol. The molecule has 3 aliphatic rings. The summed E-state index contributed by atoms with van der Waals surface area (Å²) in [5.41, 5.74) is 0.0572. The third-order valence-electron chi connectivity index (χ3n) is 4.09. The van der Waals surface area contributed by atoms with Gasteiger partial charge in [0.15, 0.2) is 0 Å². The number of aliphatic hydroxyl groups is 2. The molecule has 2 amide bonds. The molecule has 0 radical (unpaired) electrons. The Hall–Kier alpha value is -1.92. The summed E-state index contributed by atoms with van der Waals surface area (Å²) in [7, 11) is 1.31. The number of aliphatic hydroxyl groups excluding tert-OH is 2. The minimum atomic E-state index is -1.83. The van der Waals surface area contributed by atoms with Crippen LogP contribution < -0.4 is 5.32 Å². The molecule has 0 unspecified atom stereocenters. The summed E-state index contributed by atoms with van der Waals surface area (Å²) in [6.07, 6.45) is 1.71. The molecular formula is C14H17N3O5. The van der Waals surface area contributed by atoms with Crippen molar-refractivity contribution in [2.45, 2.75) is 36.9 Å². The average Bonchev–Trinajstić information content (AvgIpc) is 3.32. The zero-order chi connectivity index (χ0) is 15.9. The van der Waals surface area contributed by atoms with E-state index >= 15 is 0 Å². The van der Waals surface area contributed by atoms with Crippen LogP contribution in [0.2, 0.25) is 0 Å². The van der Waals surface area contributed by atoms with Crippen LogP contribution >= 0.6 is 0 Å². The molecule has 1 saturated heterocycles. The number of hydrogen-bond acceptors (Lipinski definition) is 6. The molecular weight excluding hydrogens is 290 g/mol. The monoisotopic (exact) mass is 307 g/mol. The molecule has 3 rings (SSSR count). The van der Waals surface area contributed by atoms with Crippen molar-refractivity contribution in [2.75, 3.05) is 13.7 Å². The Bertz CT molecular complexity index is 590. The second-order valence-corrected chi connectivity index (χ2v) is 5.43. The quantitative estimate of drug-likeness (QED) is 0.651. The Morgan fingerprint density at radius 3 is 2.86 bits per heavy atom. The molecule has 2 heterocycles. The molecule has 0 aromatic heterocycles. The predicted octanol–water partition coefficient (Wildman–Crippen LogP) is -0.440. The highest BCUT2D eigenvalue weighted by Gasteiger charge is 2.60. The van der Waals surface area contributed by atoms with Crippen molar-refractivity contribution in [2.24, 2.45) is 0 Å². The van der Waals surface area contributed by atoms with Gasteiger partial charge in [-0.3, -0.25) is 4.90 Å². The number of ether oxygens (including phenoxy) is 2. The number of allylic oxidation sites excluding steroid dienone is 2. The molecule has 22 heavy (non-hydrogen) atoms. The highest BCUT2D eigenvalue weighted by Crippen LogP contribution is 2.38. The van der Waals surface area contributed by atoms with Gasteiger partial charge in [0, 0.05) is 19.0 Å². The Labute approximate surface area is 127 Å². The maximum absolute atomic E-state index is 12.3. The molecule has 4 atom stereocenters. The number of carbonyl (C=O) groups is 1. The van der Waals surface area contributed by atoms with E-state index in [2.05, 4.69) is 5.32 Å². The Balaban J connectivity index is 1.96. The summed E-state index contributed by atoms with van der Waals surface area (Å²) in [6, 6.07) is 1.38. The van der Waals surface area contributed by atoms with Crippen LogP contribution in [-0.4, -0.2) is 58.9 Å². The fourth-order valence-electron chi connectivity index (χ4n) is 2.81. The lowest BCUT2D eigenvalue weighted by atomic mass is 10.0. The van der Waals surface area contributed by atoms with E-state index in [-0.39, 0.29) is 0 Å². The minimum Gasteiger partial charge on any atom is -0.394 e. The number of carbonyl (C=O) groups excluding carboxylic acids is 1. The second kappa shape index (κ2) is 5.37. The van der Waals surface area contributed by atoms with Crippen molar-refractivity contribution in [1.82, 2.24) is 10.2 Å². The van der Waals surface area contributed by atoms with E-state index in [9.17, 15) is 20.3 Å². The van der Waals surface area contributed by atoms with Gasteiger partial charge < -0.3 is 25.0 Å². The molecule has 0 aromatic rings. The summed E-state index contributed by atoms with van der Waals surface area (Å²) in [4.78, 5) is 13.4. The third kappa shape index (κ3) is 2.10. The van der Waals surface area contributed by atoms with E-state index in [1.165, 1.54) is 13.3 Å². The third-order valence-corrected chi connectivity index (χ3v) is 4.09. The van der Waals surface area contributed by atoms with Crippen LogP contribution in [0.5, 0.6) is 0 Å². The van der Waals surface area contributed by atoms with Gasteiger partial charge in [0.1, 0.15) is 24.4 Å². The number of methoxy groups -OCH3 is 1. The fraction of sp³-hybridized carbons (Fsp3) is 0.571. The highest BCUT2D eigenvalue weighted by atomic mass is 16.6. The van der Waals surface area contributed by atoms with E-state index in [1.54, 1.807) is 6.08 Å². The SMILES string of the molecule is CO[C@@H]1[C@H](O)[C@@H](CO)O[C@@]1(C#N)N1C=CC(=C2CC2)NC1=O. The minimum absolute atomic E-state index is 0.487. The zero-order valence-electron chi connectivity index (χ0n) is 12.0. The number of nitrogens with one attached hydrogen (secondary N) is 1. The van der Waals surface area contributed by atoms with Crippen LogP contribution in [0.1, 0.15) is 12.8 Å². The molecule has 3 N–H and O–H groups in total. The summed E-state index contributed by atoms with van der Waals surface area (Å²) >= 11 is 0. The zero-order valence-corrected chi connectivity index (χ0v) is 12.0. The smallest absolute Gasteiger partial charge is 0.329 e. The molecule has 0 aromatic carbocycles. The van der Waals surface area contributed by atoms with Gasteiger partial charge in [0.25, 0.3) is 5.72 Å². The van der Waals surface area contributed by atoms with E-state index in [0.717, 1.165) is 29.0 Å². The molecule has 1 saturated carbocycles. The lowest BCUT2D eigenvalue weighted by Gasteiger charge is -2.37. The Morgan fingerprint density at radius 1 is 1.64 bits per heavy atom. The molecule has 8 heteroatoms. The molecule has 118 valence electrons. The van der Waals surface area contributed by atoms with Crippen molar-refractivity contribution in [1.29, 1.82) is 5.26 Å². The van der Waals surface area contributed by atoms with Gasteiger partial charge >= 0.3 is 6.03 Å².